The zero-order chi connectivity index (χ0) is 18.7. The maximum atomic E-state index is 11.8. The van der Waals surface area contributed by atoms with Gasteiger partial charge >= 0.3 is 6.09 Å². The first-order valence-electron chi connectivity index (χ1n) is 9.38. The molecule has 0 bridgehead atoms. The van der Waals surface area contributed by atoms with Crippen molar-refractivity contribution in [3.8, 4) is 0 Å². The first-order valence-corrected chi connectivity index (χ1v) is 9.38. The van der Waals surface area contributed by atoms with Crippen molar-refractivity contribution in [3.63, 3.8) is 0 Å². The molecule has 0 spiro atoms. The van der Waals surface area contributed by atoms with Gasteiger partial charge in [0.1, 0.15) is 5.65 Å². The van der Waals surface area contributed by atoms with Gasteiger partial charge in [0.25, 0.3) is 0 Å². The molecule has 0 atom stereocenters. The molecule has 2 N–H and O–H groups in total. The number of fused-ring (bicyclic) bond motifs is 1. The summed E-state index contributed by atoms with van der Waals surface area (Å²) in [6.45, 7) is 11.4. The molecule has 1 radical (unpaired) electrons. The van der Waals surface area contributed by atoms with E-state index in [1.165, 1.54) is 11.5 Å². The largest absolute Gasteiger partial charge is 0.447 e. The van der Waals surface area contributed by atoms with E-state index >= 15 is 0 Å². The Morgan fingerprint density at radius 2 is 2.12 bits per heavy atom. The van der Waals surface area contributed by atoms with Crippen LogP contribution in [0.4, 0.5) is 10.5 Å². The number of anilines is 1. The van der Waals surface area contributed by atoms with Gasteiger partial charge < -0.3 is 14.6 Å². The van der Waals surface area contributed by atoms with E-state index in [9.17, 15) is 4.79 Å². The number of pyridine rings is 1. The molecule has 0 saturated carbocycles. The zero-order valence-electron chi connectivity index (χ0n) is 16.1. The van der Waals surface area contributed by atoms with Gasteiger partial charge in [-0.3, -0.25) is 5.32 Å². The topological polar surface area (TPSA) is 70.2 Å². The highest BCUT2D eigenvalue weighted by Crippen LogP contribution is 2.33. The average Bonchev–Trinajstić information content (AvgIpc) is 2.97. The number of aromatic amines is 1. The van der Waals surface area contributed by atoms with E-state index in [1.54, 1.807) is 6.20 Å². The molecule has 2 aromatic heterocycles. The predicted octanol–water partition coefficient (Wildman–Crippen LogP) is 4.31. The molecule has 26 heavy (non-hydrogen) atoms. The quantitative estimate of drug-likeness (QED) is 0.836. The summed E-state index contributed by atoms with van der Waals surface area (Å²) in [5.74, 6) is 1.99. The SMILES string of the molecule is C[C](C)CN1CCC(c2c[nH]c3ncc(NC(=O)OC(C)C)cc23)CC1. The van der Waals surface area contributed by atoms with Crippen LogP contribution in [0.5, 0.6) is 0 Å². The summed E-state index contributed by atoms with van der Waals surface area (Å²) in [6, 6.07) is 1.99. The lowest BCUT2D eigenvalue weighted by Gasteiger charge is -2.32. The number of likely N-dealkylation sites (tertiary alicyclic amines) is 1. The lowest BCUT2D eigenvalue weighted by atomic mass is 9.89. The van der Waals surface area contributed by atoms with Gasteiger partial charge in [0.05, 0.1) is 18.0 Å². The van der Waals surface area contributed by atoms with E-state index in [-0.39, 0.29) is 6.10 Å². The van der Waals surface area contributed by atoms with Crippen LogP contribution in [0.25, 0.3) is 11.0 Å². The molecule has 0 aromatic carbocycles. The van der Waals surface area contributed by atoms with Gasteiger partial charge in [0.15, 0.2) is 0 Å². The van der Waals surface area contributed by atoms with Crippen molar-refractivity contribution >= 4 is 22.8 Å². The van der Waals surface area contributed by atoms with Crippen molar-refractivity contribution in [1.29, 1.82) is 0 Å². The number of rotatable bonds is 5. The van der Waals surface area contributed by atoms with E-state index in [0.717, 1.165) is 43.5 Å². The molecule has 1 fully saturated rings. The predicted molar refractivity (Wildman–Crippen MR) is 104 cm³/mol. The Kier molecular flexibility index (Phi) is 5.81. The molecule has 3 heterocycles. The molecule has 3 rings (SSSR count). The Bertz CT molecular complexity index is 745. The van der Waals surface area contributed by atoms with Crippen molar-refractivity contribution in [2.45, 2.75) is 52.6 Å². The van der Waals surface area contributed by atoms with Crippen molar-refractivity contribution in [1.82, 2.24) is 14.9 Å². The summed E-state index contributed by atoms with van der Waals surface area (Å²) in [6.07, 6.45) is 5.43. The van der Waals surface area contributed by atoms with Gasteiger partial charge in [0.2, 0.25) is 0 Å². The zero-order valence-corrected chi connectivity index (χ0v) is 16.1. The summed E-state index contributed by atoms with van der Waals surface area (Å²) in [5, 5.41) is 3.85. The monoisotopic (exact) mass is 357 g/mol. The van der Waals surface area contributed by atoms with Crippen LogP contribution in [0.1, 0.15) is 52.0 Å². The number of nitrogens with one attached hydrogen (secondary N) is 2. The van der Waals surface area contributed by atoms with Crippen LogP contribution in [0.15, 0.2) is 18.5 Å². The van der Waals surface area contributed by atoms with Crippen molar-refractivity contribution in [2.75, 3.05) is 25.0 Å². The number of aromatic nitrogens is 2. The lowest BCUT2D eigenvalue weighted by molar-refractivity contribution is 0.130. The number of piperidine rings is 1. The number of H-pyrrole nitrogens is 1. The molecule has 6 heteroatoms. The Labute approximate surface area is 155 Å². The van der Waals surface area contributed by atoms with Gasteiger partial charge in [-0.15, -0.1) is 0 Å². The maximum Gasteiger partial charge on any atom is 0.411 e. The van der Waals surface area contributed by atoms with Crippen LogP contribution >= 0.6 is 0 Å². The fraction of sp³-hybridized carbons (Fsp3) is 0.550. The van der Waals surface area contributed by atoms with E-state index in [0.29, 0.717) is 11.6 Å². The number of amides is 1. The Morgan fingerprint density at radius 3 is 2.77 bits per heavy atom. The minimum atomic E-state index is -0.447. The van der Waals surface area contributed by atoms with Gasteiger partial charge in [-0.25, -0.2) is 9.78 Å². The van der Waals surface area contributed by atoms with E-state index < -0.39 is 6.09 Å². The average molecular weight is 357 g/mol. The fourth-order valence-electron chi connectivity index (χ4n) is 3.64. The highest BCUT2D eigenvalue weighted by Gasteiger charge is 2.23. The molecular formula is C20H29N4O2. The van der Waals surface area contributed by atoms with Crippen molar-refractivity contribution in [2.24, 2.45) is 0 Å². The maximum absolute atomic E-state index is 11.8. The fourth-order valence-corrected chi connectivity index (χ4v) is 3.64. The Balaban J connectivity index is 1.71. The van der Waals surface area contributed by atoms with Crippen LogP contribution in [0.3, 0.4) is 0 Å². The van der Waals surface area contributed by atoms with Crippen LogP contribution in [-0.4, -0.2) is 46.7 Å². The third-order valence-corrected chi connectivity index (χ3v) is 4.72. The second-order valence-corrected chi connectivity index (χ2v) is 7.70. The molecule has 0 unspecified atom stereocenters. The van der Waals surface area contributed by atoms with Gasteiger partial charge in [-0.1, -0.05) is 13.8 Å². The highest BCUT2D eigenvalue weighted by atomic mass is 16.6. The Hall–Kier alpha value is -2.08. The van der Waals surface area contributed by atoms with Gasteiger partial charge in [0, 0.05) is 18.1 Å². The standard InChI is InChI=1S/C20H29N4O2/c1-13(2)12-24-7-5-15(6-8-24)18-11-22-19-17(18)9-16(10-21-19)23-20(25)26-14(3)4/h9-11,14-15H,5-8,12H2,1-4H3,(H,21,22)(H,23,25). The molecule has 2 aromatic rings. The van der Waals surface area contributed by atoms with Crippen molar-refractivity contribution in [3.05, 3.63) is 29.9 Å². The lowest BCUT2D eigenvalue weighted by Crippen LogP contribution is -2.35. The number of nitrogens with zero attached hydrogens (tertiary/aromatic N) is 2. The molecule has 0 aliphatic carbocycles. The molecule has 1 saturated heterocycles. The van der Waals surface area contributed by atoms with Crippen molar-refractivity contribution < 1.29 is 9.53 Å². The molecular weight excluding hydrogens is 328 g/mol. The number of ether oxygens (including phenoxy) is 1. The summed E-state index contributed by atoms with van der Waals surface area (Å²) in [5.41, 5.74) is 2.82. The van der Waals surface area contributed by atoms with Crippen LogP contribution in [0, 0.1) is 5.92 Å². The van der Waals surface area contributed by atoms with E-state index in [4.69, 9.17) is 4.74 Å². The van der Waals surface area contributed by atoms with E-state index in [1.807, 2.05) is 19.9 Å². The van der Waals surface area contributed by atoms with Gasteiger partial charge in [-0.2, -0.15) is 0 Å². The van der Waals surface area contributed by atoms with Crippen LogP contribution in [0.2, 0.25) is 0 Å². The summed E-state index contributed by atoms with van der Waals surface area (Å²) in [4.78, 5) is 22.1. The van der Waals surface area contributed by atoms with Gasteiger partial charge in [-0.05, 0) is 63.2 Å². The minimum Gasteiger partial charge on any atom is -0.447 e. The molecule has 1 aliphatic heterocycles. The van der Waals surface area contributed by atoms with Crippen LogP contribution in [-0.2, 0) is 4.74 Å². The molecule has 141 valence electrons. The number of hydrogen-bond donors (Lipinski definition) is 2. The summed E-state index contributed by atoms with van der Waals surface area (Å²) < 4.78 is 5.14. The third-order valence-electron chi connectivity index (χ3n) is 4.72. The van der Waals surface area contributed by atoms with Crippen LogP contribution < -0.4 is 5.32 Å². The smallest absolute Gasteiger partial charge is 0.411 e. The third kappa shape index (κ3) is 4.55. The normalized spacial score (nSPS) is 16.5. The summed E-state index contributed by atoms with van der Waals surface area (Å²) >= 11 is 0. The molecule has 6 nitrogen and oxygen atoms in total. The second kappa shape index (κ2) is 8.08. The minimum absolute atomic E-state index is 0.149. The number of carbonyl (C=O) groups excluding carboxylic acids is 1. The molecule has 1 aliphatic rings. The number of carbonyl (C=O) groups is 1. The highest BCUT2D eigenvalue weighted by molar-refractivity contribution is 5.89. The molecule has 1 amide bonds. The van der Waals surface area contributed by atoms with E-state index in [2.05, 4.69) is 40.2 Å². The second-order valence-electron chi connectivity index (χ2n) is 7.70. The number of hydrogen-bond acceptors (Lipinski definition) is 4. The summed E-state index contributed by atoms with van der Waals surface area (Å²) in [7, 11) is 0. The first kappa shape index (κ1) is 18.7. The first-order chi connectivity index (χ1) is 12.4. The Morgan fingerprint density at radius 1 is 1.38 bits per heavy atom.